The lowest BCUT2D eigenvalue weighted by Crippen LogP contribution is -2.37. The zero-order valence-electron chi connectivity index (χ0n) is 15.0. The molecule has 0 spiro atoms. The summed E-state index contributed by atoms with van der Waals surface area (Å²) in [6.07, 6.45) is 3.12. The molecule has 1 aliphatic rings. The van der Waals surface area contributed by atoms with Gasteiger partial charge in [0.2, 0.25) is 0 Å². The molecule has 0 heterocycles. The fraction of sp³-hybridized carbons (Fsp3) is 0.238. The number of carbonyl (C=O) groups is 2. The molecule has 0 amide bonds. The van der Waals surface area contributed by atoms with E-state index < -0.39 is 17.4 Å². The number of carboxylic acid groups (broad SMARTS) is 2. The van der Waals surface area contributed by atoms with Crippen LogP contribution in [0.15, 0.2) is 59.7 Å². The number of nitrogens with zero attached hydrogens (tertiary/aromatic N) is 1. The molecule has 0 aromatic heterocycles. The molecule has 2 aromatic rings. The van der Waals surface area contributed by atoms with Gasteiger partial charge < -0.3 is 15.1 Å². The maximum atomic E-state index is 12.4. The quantitative estimate of drug-likeness (QED) is 0.880. The van der Waals surface area contributed by atoms with Crippen LogP contribution in [0, 0.1) is 0 Å². The first kappa shape index (κ1) is 17.7. The Morgan fingerprint density at radius 3 is 2.27 bits per heavy atom. The molecule has 0 saturated carbocycles. The van der Waals surface area contributed by atoms with Crippen LogP contribution in [0.5, 0.6) is 0 Å². The standard InChI is InChI=1S/C21H21NO4/c1-13-10-14(19(23)24)12-21(11-13,20(25)26)17-8-9-18(22(2)3)16-7-5-4-6-15(16)17/h4-11H,12H2,1-3H3,(H,23,24)(H,25,26). The van der Waals surface area contributed by atoms with Gasteiger partial charge in [-0.3, -0.25) is 4.79 Å². The molecule has 1 unspecified atom stereocenters. The zero-order valence-corrected chi connectivity index (χ0v) is 15.0. The molecule has 0 bridgehead atoms. The Bertz CT molecular complexity index is 971. The minimum atomic E-state index is -1.41. The van der Waals surface area contributed by atoms with Crippen LogP contribution in [0.2, 0.25) is 0 Å². The minimum Gasteiger partial charge on any atom is -0.480 e. The Kier molecular flexibility index (Phi) is 4.32. The number of hydrogen-bond acceptors (Lipinski definition) is 3. The molecule has 0 fully saturated rings. The molecular formula is C21H21NO4. The fourth-order valence-corrected chi connectivity index (χ4v) is 3.73. The number of hydrogen-bond donors (Lipinski definition) is 2. The van der Waals surface area contributed by atoms with Crippen LogP contribution >= 0.6 is 0 Å². The predicted octanol–water partition coefficient (Wildman–Crippen LogP) is 3.59. The summed E-state index contributed by atoms with van der Waals surface area (Å²) in [4.78, 5) is 25.9. The lowest BCUT2D eigenvalue weighted by molar-refractivity contribution is -0.142. The number of benzene rings is 2. The van der Waals surface area contributed by atoms with Crippen LogP contribution in [0.4, 0.5) is 5.69 Å². The molecule has 5 heteroatoms. The van der Waals surface area contributed by atoms with Crippen molar-refractivity contribution in [3.63, 3.8) is 0 Å². The maximum Gasteiger partial charge on any atom is 0.331 e. The Balaban J connectivity index is 2.33. The van der Waals surface area contributed by atoms with Gasteiger partial charge in [0.15, 0.2) is 0 Å². The van der Waals surface area contributed by atoms with E-state index in [4.69, 9.17) is 0 Å². The monoisotopic (exact) mass is 351 g/mol. The highest BCUT2D eigenvalue weighted by molar-refractivity contribution is 6.02. The van der Waals surface area contributed by atoms with Crippen molar-refractivity contribution in [1.82, 2.24) is 0 Å². The number of rotatable bonds is 4. The first-order chi connectivity index (χ1) is 12.3. The number of carboxylic acids is 2. The summed E-state index contributed by atoms with van der Waals surface area (Å²) < 4.78 is 0. The Labute approximate surface area is 151 Å². The van der Waals surface area contributed by atoms with E-state index in [1.807, 2.05) is 49.3 Å². The van der Waals surface area contributed by atoms with E-state index in [0.717, 1.165) is 16.5 Å². The average molecular weight is 351 g/mol. The molecular weight excluding hydrogens is 330 g/mol. The van der Waals surface area contributed by atoms with E-state index in [0.29, 0.717) is 11.1 Å². The molecule has 0 aliphatic heterocycles. The van der Waals surface area contributed by atoms with E-state index >= 15 is 0 Å². The van der Waals surface area contributed by atoms with Crippen LogP contribution in [0.25, 0.3) is 10.8 Å². The van der Waals surface area contributed by atoms with Crippen LogP contribution in [0.3, 0.4) is 0 Å². The molecule has 0 saturated heterocycles. The molecule has 134 valence electrons. The highest BCUT2D eigenvalue weighted by Crippen LogP contribution is 2.43. The summed E-state index contributed by atoms with van der Waals surface area (Å²) >= 11 is 0. The first-order valence-electron chi connectivity index (χ1n) is 8.32. The van der Waals surface area contributed by atoms with Crippen LogP contribution in [-0.4, -0.2) is 36.2 Å². The van der Waals surface area contributed by atoms with Gasteiger partial charge in [0.25, 0.3) is 0 Å². The van der Waals surface area contributed by atoms with Crippen molar-refractivity contribution in [2.45, 2.75) is 18.8 Å². The average Bonchev–Trinajstić information content (AvgIpc) is 2.59. The second kappa shape index (κ2) is 6.33. The van der Waals surface area contributed by atoms with E-state index in [1.54, 1.807) is 25.1 Å². The summed E-state index contributed by atoms with van der Waals surface area (Å²) in [5.74, 6) is -2.14. The third-order valence-corrected chi connectivity index (χ3v) is 4.87. The summed E-state index contributed by atoms with van der Waals surface area (Å²) in [6, 6.07) is 11.3. The topological polar surface area (TPSA) is 77.8 Å². The molecule has 2 N–H and O–H groups in total. The lowest BCUT2D eigenvalue weighted by Gasteiger charge is -2.32. The first-order valence-corrected chi connectivity index (χ1v) is 8.32. The van der Waals surface area contributed by atoms with E-state index in [9.17, 15) is 19.8 Å². The number of fused-ring (bicyclic) bond motifs is 1. The molecule has 26 heavy (non-hydrogen) atoms. The van der Waals surface area contributed by atoms with Gasteiger partial charge in [0, 0.05) is 37.2 Å². The fourth-order valence-electron chi connectivity index (χ4n) is 3.73. The van der Waals surface area contributed by atoms with Gasteiger partial charge in [0.1, 0.15) is 5.41 Å². The third kappa shape index (κ3) is 2.75. The van der Waals surface area contributed by atoms with Gasteiger partial charge in [-0.25, -0.2) is 4.79 Å². The summed E-state index contributed by atoms with van der Waals surface area (Å²) in [7, 11) is 3.87. The summed E-state index contributed by atoms with van der Waals surface area (Å²) in [5, 5.41) is 21.3. The highest BCUT2D eigenvalue weighted by atomic mass is 16.4. The molecule has 1 atom stereocenters. The zero-order chi connectivity index (χ0) is 19.1. The Hall–Kier alpha value is -3.08. The summed E-state index contributed by atoms with van der Waals surface area (Å²) in [6.45, 7) is 1.73. The van der Waals surface area contributed by atoms with E-state index in [2.05, 4.69) is 0 Å². The Morgan fingerprint density at radius 2 is 1.69 bits per heavy atom. The highest BCUT2D eigenvalue weighted by Gasteiger charge is 2.43. The smallest absolute Gasteiger partial charge is 0.331 e. The van der Waals surface area contributed by atoms with Crippen LogP contribution in [0.1, 0.15) is 18.9 Å². The SMILES string of the molecule is CC1=CC(C(=O)O)(c2ccc(N(C)C)c3ccccc23)CC(C(=O)O)=C1. The number of allylic oxidation sites excluding steroid dienone is 2. The summed E-state index contributed by atoms with van der Waals surface area (Å²) in [5.41, 5.74) is 0.926. The second-order valence-corrected chi connectivity index (χ2v) is 6.89. The van der Waals surface area contributed by atoms with Gasteiger partial charge in [-0.15, -0.1) is 0 Å². The van der Waals surface area contributed by atoms with Crippen molar-refractivity contribution in [2.24, 2.45) is 0 Å². The van der Waals surface area contributed by atoms with E-state index in [-0.39, 0.29) is 12.0 Å². The van der Waals surface area contributed by atoms with Crippen LogP contribution in [-0.2, 0) is 15.0 Å². The predicted molar refractivity (Wildman–Crippen MR) is 102 cm³/mol. The second-order valence-electron chi connectivity index (χ2n) is 6.89. The van der Waals surface area contributed by atoms with Crippen molar-refractivity contribution in [3.05, 3.63) is 65.3 Å². The van der Waals surface area contributed by atoms with Crippen LogP contribution < -0.4 is 4.90 Å². The molecule has 2 aromatic carbocycles. The maximum absolute atomic E-state index is 12.4. The number of anilines is 1. The van der Waals surface area contributed by atoms with Crippen molar-refractivity contribution >= 4 is 28.4 Å². The molecule has 1 aliphatic carbocycles. The largest absolute Gasteiger partial charge is 0.480 e. The molecule has 3 rings (SSSR count). The van der Waals surface area contributed by atoms with Gasteiger partial charge in [-0.2, -0.15) is 0 Å². The minimum absolute atomic E-state index is 0.0830. The Morgan fingerprint density at radius 1 is 1.04 bits per heavy atom. The van der Waals surface area contributed by atoms with Gasteiger partial charge >= 0.3 is 11.9 Å². The van der Waals surface area contributed by atoms with Gasteiger partial charge in [0.05, 0.1) is 0 Å². The molecule has 5 nitrogen and oxygen atoms in total. The molecule has 0 radical (unpaired) electrons. The number of aliphatic carboxylic acids is 2. The van der Waals surface area contributed by atoms with Gasteiger partial charge in [-0.1, -0.05) is 42.0 Å². The normalized spacial score (nSPS) is 19.7. The lowest BCUT2D eigenvalue weighted by atomic mass is 9.70. The van der Waals surface area contributed by atoms with Crippen molar-refractivity contribution in [2.75, 3.05) is 19.0 Å². The van der Waals surface area contributed by atoms with Crippen molar-refractivity contribution < 1.29 is 19.8 Å². The van der Waals surface area contributed by atoms with E-state index in [1.165, 1.54) is 0 Å². The van der Waals surface area contributed by atoms with Crippen molar-refractivity contribution in [1.29, 1.82) is 0 Å². The van der Waals surface area contributed by atoms with Gasteiger partial charge in [-0.05, 0) is 30.0 Å². The van der Waals surface area contributed by atoms with Crippen molar-refractivity contribution in [3.8, 4) is 0 Å². The third-order valence-electron chi connectivity index (χ3n) is 4.87.